The quantitative estimate of drug-likeness (QED) is 0.827. The Morgan fingerprint density at radius 1 is 1.37 bits per heavy atom. The first-order valence-corrected chi connectivity index (χ1v) is 6.29. The van der Waals surface area contributed by atoms with Crippen molar-refractivity contribution >= 4 is 11.6 Å². The molecule has 0 N–H and O–H groups in total. The molecule has 0 spiro atoms. The lowest BCUT2D eigenvalue weighted by atomic mass is 10.1. The summed E-state index contributed by atoms with van der Waals surface area (Å²) >= 11 is 0. The zero-order chi connectivity index (χ0) is 13.4. The molecule has 5 heteroatoms. The number of carbonyl (C=O) groups excluding carboxylic acids is 1. The number of anilines is 1. The van der Waals surface area contributed by atoms with Gasteiger partial charge in [-0.05, 0) is 31.0 Å². The van der Waals surface area contributed by atoms with Gasteiger partial charge in [-0.1, -0.05) is 17.3 Å². The normalized spacial score (nSPS) is 19.2. The van der Waals surface area contributed by atoms with E-state index in [1.807, 2.05) is 24.0 Å². The first-order valence-electron chi connectivity index (χ1n) is 6.29. The van der Waals surface area contributed by atoms with Gasteiger partial charge in [0, 0.05) is 24.6 Å². The molecule has 1 aliphatic rings. The van der Waals surface area contributed by atoms with Crippen molar-refractivity contribution in [3.8, 4) is 0 Å². The van der Waals surface area contributed by atoms with Crippen LogP contribution in [0.3, 0.4) is 0 Å². The average molecular weight is 257 g/mol. The maximum Gasteiger partial charge on any atom is 0.227 e. The Kier molecular flexibility index (Phi) is 2.81. The molecule has 1 aromatic carbocycles. The van der Waals surface area contributed by atoms with E-state index in [1.54, 1.807) is 0 Å². The molecule has 1 unspecified atom stereocenters. The van der Waals surface area contributed by atoms with E-state index in [-0.39, 0.29) is 11.8 Å². The molecule has 0 saturated carbocycles. The highest BCUT2D eigenvalue weighted by Crippen LogP contribution is 2.32. The summed E-state index contributed by atoms with van der Waals surface area (Å²) in [5.41, 5.74) is 3.31. The monoisotopic (exact) mass is 257 g/mol. The summed E-state index contributed by atoms with van der Waals surface area (Å²) in [6.45, 7) is 4.71. The van der Waals surface area contributed by atoms with Gasteiger partial charge in [0.25, 0.3) is 0 Å². The van der Waals surface area contributed by atoms with Gasteiger partial charge in [0.1, 0.15) is 0 Å². The summed E-state index contributed by atoms with van der Waals surface area (Å²) < 4.78 is 4.76. The molecule has 1 aliphatic heterocycles. The highest BCUT2D eigenvalue weighted by molar-refractivity contribution is 5.97. The topological polar surface area (TPSA) is 59.2 Å². The molecule has 3 rings (SSSR count). The van der Waals surface area contributed by atoms with E-state index < -0.39 is 0 Å². The van der Waals surface area contributed by atoms with Crippen molar-refractivity contribution in [3.05, 3.63) is 41.5 Å². The molecule has 1 aromatic heterocycles. The zero-order valence-electron chi connectivity index (χ0n) is 11.0. The summed E-state index contributed by atoms with van der Waals surface area (Å²) in [6.07, 6.45) is 1.74. The number of carbonyl (C=O) groups is 1. The molecule has 1 atom stereocenters. The SMILES string of the molecule is Cc1cccc(N2CC(c3ncon3)CC2=O)c1C. The average Bonchev–Trinajstić information content (AvgIpc) is 3.02. The molecule has 0 bridgehead atoms. The van der Waals surface area contributed by atoms with Gasteiger partial charge in [0.2, 0.25) is 12.3 Å². The van der Waals surface area contributed by atoms with Crippen molar-refractivity contribution in [1.82, 2.24) is 10.1 Å². The van der Waals surface area contributed by atoms with Crippen LogP contribution in [-0.4, -0.2) is 22.6 Å². The summed E-state index contributed by atoms with van der Waals surface area (Å²) in [7, 11) is 0. The fraction of sp³-hybridized carbons (Fsp3) is 0.357. The van der Waals surface area contributed by atoms with Crippen LogP contribution >= 0.6 is 0 Å². The third-order valence-corrected chi connectivity index (χ3v) is 3.74. The van der Waals surface area contributed by atoms with Crippen molar-refractivity contribution in [2.75, 3.05) is 11.4 Å². The van der Waals surface area contributed by atoms with Gasteiger partial charge >= 0.3 is 0 Å². The van der Waals surface area contributed by atoms with Crippen LogP contribution in [0.1, 0.15) is 29.3 Å². The molecule has 2 heterocycles. The zero-order valence-corrected chi connectivity index (χ0v) is 11.0. The summed E-state index contributed by atoms with van der Waals surface area (Å²) in [4.78, 5) is 18.1. The molecule has 5 nitrogen and oxygen atoms in total. The van der Waals surface area contributed by atoms with Crippen molar-refractivity contribution in [2.45, 2.75) is 26.2 Å². The van der Waals surface area contributed by atoms with Crippen LogP contribution in [0, 0.1) is 13.8 Å². The minimum atomic E-state index is 0.0196. The third kappa shape index (κ3) is 2.01. The molecule has 1 amide bonds. The van der Waals surface area contributed by atoms with Gasteiger partial charge in [-0.2, -0.15) is 4.98 Å². The first-order chi connectivity index (χ1) is 9.16. The molecule has 1 fully saturated rings. The lowest BCUT2D eigenvalue weighted by molar-refractivity contribution is -0.117. The minimum absolute atomic E-state index is 0.0196. The molecule has 1 saturated heterocycles. The van der Waals surface area contributed by atoms with Crippen LogP contribution in [0.5, 0.6) is 0 Å². The van der Waals surface area contributed by atoms with Gasteiger partial charge in [0.15, 0.2) is 5.82 Å². The van der Waals surface area contributed by atoms with Crippen molar-refractivity contribution < 1.29 is 9.32 Å². The van der Waals surface area contributed by atoms with E-state index in [0.29, 0.717) is 18.8 Å². The first kappa shape index (κ1) is 11.9. The fourth-order valence-electron chi connectivity index (χ4n) is 2.50. The Morgan fingerprint density at radius 3 is 2.95 bits per heavy atom. The number of nitrogens with zero attached hydrogens (tertiary/aromatic N) is 3. The maximum atomic E-state index is 12.2. The second kappa shape index (κ2) is 4.50. The molecule has 98 valence electrons. The third-order valence-electron chi connectivity index (χ3n) is 3.74. The minimum Gasteiger partial charge on any atom is -0.343 e. The molecule has 19 heavy (non-hydrogen) atoms. The number of hydrogen-bond acceptors (Lipinski definition) is 4. The van der Waals surface area contributed by atoms with E-state index in [0.717, 1.165) is 11.3 Å². The van der Waals surface area contributed by atoms with E-state index in [1.165, 1.54) is 12.0 Å². The smallest absolute Gasteiger partial charge is 0.227 e. The number of aryl methyl sites for hydroxylation is 1. The van der Waals surface area contributed by atoms with Gasteiger partial charge in [0.05, 0.1) is 0 Å². The summed E-state index contributed by atoms with van der Waals surface area (Å²) in [5.74, 6) is 0.746. The second-order valence-electron chi connectivity index (χ2n) is 4.91. The Hall–Kier alpha value is -2.17. The number of amides is 1. The van der Waals surface area contributed by atoms with Crippen LogP contribution in [0.25, 0.3) is 0 Å². The number of aromatic nitrogens is 2. The lowest BCUT2D eigenvalue weighted by Gasteiger charge is -2.19. The molecular weight excluding hydrogens is 242 g/mol. The van der Waals surface area contributed by atoms with Crippen LogP contribution in [-0.2, 0) is 4.79 Å². The van der Waals surface area contributed by atoms with Crippen molar-refractivity contribution in [2.24, 2.45) is 0 Å². The van der Waals surface area contributed by atoms with Gasteiger partial charge in [-0.3, -0.25) is 4.79 Å². The number of benzene rings is 1. The van der Waals surface area contributed by atoms with E-state index in [2.05, 4.69) is 23.1 Å². The molecule has 2 aromatic rings. The van der Waals surface area contributed by atoms with Crippen LogP contribution in [0.2, 0.25) is 0 Å². The van der Waals surface area contributed by atoms with Crippen LogP contribution < -0.4 is 4.90 Å². The predicted molar refractivity (Wildman–Crippen MR) is 69.9 cm³/mol. The van der Waals surface area contributed by atoms with Crippen LogP contribution in [0.4, 0.5) is 5.69 Å². The van der Waals surface area contributed by atoms with Crippen molar-refractivity contribution in [1.29, 1.82) is 0 Å². The standard InChI is InChI=1S/C14H15N3O2/c1-9-4-3-5-12(10(9)2)17-7-11(6-13(17)18)14-15-8-19-16-14/h3-5,8,11H,6-7H2,1-2H3. The van der Waals surface area contributed by atoms with Crippen molar-refractivity contribution in [3.63, 3.8) is 0 Å². The van der Waals surface area contributed by atoms with E-state index >= 15 is 0 Å². The van der Waals surface area contributed by atoms with Gasteiger partial charge in [-0.15, -0.1) is 0 Å². The summed E-state index contributed by atoms with van der Waals surface area (Å²) in [5, 5.41) is 3.84. The molecular formula is C14H15N3O2. The van der Waals surface area contributed by atoms with Crippen LogP contribution in [0.15, 0.2) is 29.1 Å². The van der Waals surface area contributed by atoms with E-state index in [9.17, 15) is 4.79 Å². The Morgan fingerprint density at radius 2 is 2.21 bits per heavy atom. The predicted octanol–water partition coefficient (Wildman–Crippen LogP) is 2.21. The Balaban J connectivity index is 1.90. The van der Waals surface area contributed by atoms with Gasteiger partial charge in [-0.25, -0.2) is 0 Å². The Labute approximate surface area is 111 Å². The largest absolute Gasteiger partial charge is 0.343 e. The highest BCUT2D eigenvalue weighted by atomic mass is 16.5. The fourth-order valence-corrected chi connectivity index (χ4v) is 2.50. The molecule has 0 aliphatic carbocycles. The number of hydrogen-bond donors (Lipinski definition) is 0. The second-order valence-corrected chi connectivity index (χ2v) is 4.91. The maximum absolute atomic E-state index is 12.2. The van der Waals surface area contributed by atoms with E-state index in [4.69, 9.17) is 4.52 Å². The molecule has 0 radical (unpaired) electrons. The summed E-state index contributed by atoms with van der Waals surface area (Å²) in [6, 6.07) is 6.02. The highest BCUT2D eigenvalue weighted by Gasteiger charge is 2.34. The Bertz CT molecular complexity index is 607. The van der Waals surface area contributed by atoms with Gasteiger partial charge < -0.3 is 9.42 Å². The number of rotatable bonds is 2. The lowest BCUT2D eigenvalue weighted by Crippen LogP contribution is -2.25.